The van der Waals surface area contributed by atoms with Gasteiger partial charge in [0, 0.05) is 19.1 Å². The topological polar surface area (TPSA) is 84.2 Å². The van der Waals surface area contributed by atoms with Gasteiger partial charge in [-0.25, -0.2) is 9.97 Å². The van der Waals surface area contributed by atoms with E-state index in [1.807, 2.05) is 0 Å². The van der Waals surface area contributed by atoms with Crippen molar-refractivity contribution in [3.05, 3.63) is 16.4 Å². The van der Waals surface area contributed by atoms with Gasteiger partial charge in [0.2, 0.25) is 11.6 Å². The van der Waals surface area contributed by atoms with Crippen molar-refractivity contribution in [1.82, 2.24) is 9.97 Å². The molecule has 2 aliphatic rings. The molecule has 7 nitrogen and oxygen atoms in total. The molecule has 2 heterocycles. The summed E-state index contributed by atoms with van der Waals surface area (Å²) in [7, 11) is 0. The van der Waals surface area contributed by atoms with Crippen LogP contribution in [-0.2, 0) is 0 Å². The van der Waals surface area contributed by atoms with Crippen LogP contribution in [0.5, 0.6) is 0 Å². The van der Waals surface area contributed by atoms with E-state index in [2.05, 4.69) is 20.2 Å². The van der Waals surface area contributed by atoms with Crippen molar-refractivity contribution < 1.29 is 4.92 Å². The lowest BCUT2D eigenvalue weighted by molar-refractivity contribution is -0.383. The van der Waals surface area contributed by atoms with E-state index >= 15 is 0 Å². The Balaban J connectivity index is 1.85. The van der Waals surface area contributed by atoms with Gasteiger partial charge >= 0.3 is 5.69 Å². The second kappa shape index (κ2) is 8.26. The molecule has 0 bridgehead atoms. The summed E-state index contributed by atoms with van der Waals surface area (Å²) >= 11 is 0. The minimum Gasteiger partial charge on any atom is -0.361 e. The summed E-state index contributed by atoms with van der Waals surface area (Å²) in [6, 6.07) is 0.276. The van der Waals surface area contributed by atoms with Gasteiger partial charge in [-0.15, -0.1) is 0 Å². The lowest BCUT2D eigenvalue weighted by Gasteiger charge is -2.22. The number of aromatic nitrogens is 2. The Kier molecular flexibility index (Phi) is 5.82. The summed E-state index contributed by atoms with van der Waals surface area (Å²) in [6.07, 6.45) is 12.9. The standard InChI is InChI=1S/C17H27N5O2/c23-22(24)15-16(20-14-9-5-1-2-6-10-14)18-13-19-17(15)21-11-7-3-4-8-12-21/h13-14H,1-12H2,(H,18,19,20). The maximum Gasteiger partial charge on any atom is 0.353 e. The molecule has 1 N–H and O–H groups in total. The smallest absolute Gasteiger partial charge is 0.353 e. The summed E-state index contributed by atoms with van der Waals surface area (Å²) in [6.45, 7) is 1.67. The number of anilines is 2. The lowest BCUT2D eigenvalue weighted by Crippen LogP contribution is -2.27. The molecule has 7 heteroatoms. The van der Waals surface area contributed by atoms with E-state index in [4.69, 9.17) is 0 Å². The first-order chi connectivity index (χ1) is 11.8. The molecule has 0 amide bonds. The van der Waals surface area contributed by atoms with E-state index in [-0.39, 0.29) is 16.7 Å². The van der Waals surface area contributed by atoms with Crippen LogP contribution in [0.25, 0.3) is 0 Å². The summed E-state index contributed by atoms with van der Waals surface area (Å²) < 4.78 is 0. The minimum absolute atomic E-state index is 0.0450. The molecule has 0 aromatic carbocycles. The molecule has 0 unspecified atom stereocenters. The van der Waals surface area contributed by atoms with Crippen LogP contribution in [0, 0.1) is 10.1 Å². The molecule has 1 aliphatic carbocycles. The van der Waals surface area contributed by atoms with Crippen LogP contribution in [0.4, 0.5) is 17.3 Å². The van der Waals surface area contributed by atoms with Crippen LogP contribution in [0.1, 0.15) is 64.2 Å². The lowest BCUT2D eigenvalue weighted by atomic mass is 10.1. The molecule has 1 aromatic rings. The van der Waals surface area contributed by atoms with E-state index < -0.39 is 0 Å². The Labute approximate surface area is 143 Å². The van der Waals surface area contributed by atoms with Crippen molar-refractivity contribution in [1.29, 1.82) is 0 Å². The van der Waals surface area contributed by atoms with Crippen molar-refractivity contribution in [3.8, 4) is 0 Å². The summed E-state index contributed by atoms with van der Waals surface area (Å²) in [5.74, 6) is 0.870. The molecule has 2 fully saturated rings. The Bertz CT molecular complexity index is 550. The summed E-state index contributed by atoms with van der Waals surface area (Å²) in [5.41, 5.74) is 0.0450. The third-order valence-corrected chi connectivity index (χ3v) is 5.09. The molecule has 1 aromatic heterocycles. The fourth-order valence-electron chi connectivity index (χ4n) is 3.77. The quantitative estimate of drug-likeness (QED) is 0.511. The molecule has 1 saturated heterocycles. The van der Waals surface area contributed by atoms with Gasteiger partial charge in [0.1, 0.15) is 6.33 Å². The van der Waals surface area contributed by atoms with Crippen LogP contribution >= 0.6 is 0 Å². The number of hydrogen-bond acceptors (Lipinski definition) is 6. The highest BCUT2D eigenvalue weighted by Gasteiger charge is 2.28. The highest BCUT2D eigenvalue weighted by molar-refractivity contribution is 5.70. The zero-order chi connectivity index (χ0) is 16.8. The first kappa shape index (κ1) is 16.9. The maximum absolute atomic E-state index is 11.7. The van der Waals surface area contributed by atoms with Crippen molar-refractivity contribution >= 4 is 17.3 Å². The molecule has 0 spiro atoms. The highest BCUT2D eigenvalue weighted by atomic mass is 16.6. The minimum atomic E-state index is -0.320. The largest absolute Gasteiger partial charge is 0.361 e. The predicted octanol–water partition coefficient (Wildman–Crippen LogP) is 3.90. The molecule has 1 saturated carbocycles. The van der Waals surface area contributed by atoms with Crippen molar-refractivity contribution in [3.63, 3.8) is 0 Å². The maximum atomic E-state index is 11.7. The van der Waals surface area contributed by atoms with Gasteiger partial charge in [0.25, 0.3) is 0 Å². The second-order valence-electron chi connectivity index (χ2n) is 6.89. The SMILES string of the molecule is O=[N+]([O-])c1c(NC2CCCCCC2)ncnc1N1CCCCCC1. The molecule has 0 atom stereocenters. The molecular formula is C17H27N5O2. The van der Waals surface area contributed by atoms with Gasteiger partial charge < -0.3 is 10.2 Å². The van der Waals surface area contributed by atoms with Crippen LogP contribution < -0.4 is 10.2 Å². The van der Waals surface area contributed by atoms with Crippen molar-refractivity contribution in [2.24, 2.45) is 0 Å². The first-order valence-corrected chi connectivity index (χ1v) is 9.26. The van der Waals surface area contributed by atoms with Gasteiger partial charge in [-0.05, 0) is 25.7 Å². The fraction of sp³-hybridized carbons (Fsp3) is 0.765. The van der Waals surface area contributed by atoms with E-state index in [1.165, 1.54) is 44.9 Å². The van der Waals surface area contributed by atoms with E-state index in [9.17, 15) is 10.1 Å². The van der Waals surface area contributed by atoms with Crippen molar-refractivity contribution in [2.45, 2.75) is 70.3 Å². The Morgan fingerprint density at radius 1 is 1.00 bits per heavy atom. The molecule has 0 radical (unpaired) electrons. The average Bonchev–Trinajstić information content (AvgIpc) is 2.99. The fourth-order valence-corrected chi connectivity index (χ4v) is 3.77. The van der Waals surface area contributed by atoms with E-state index in [1.54, 1.807) is 0 Å². The monoisotopic (exact) mass is 333 g/mol. The van der Waals surface area contributed by atoms with Gasteiger partial charge in [-0.2, -0.15) is 0 Å². The van der Waals surface area contributed by atoms with Crippen molar-refractivity contribution in [2.75, 3.05) is 23.3 Å². The van der Waals surface area contributed by atoms with Crippen LogP contribution in [0.15, 0.2) is 6.33 Å². The Morgan fingerprint density at radius 2 is 1.62 bits per heavy atom. The molecule has 1 aliphatic heterocycles. The number of nitro groups is 1. The molecule has 132 valence electrons. The zero-order valence-electron chi connectivity index (χ0n) is 14.2. The Hall–Kier alpha value is -1.92. The normalized spacial score (nSPS) is 20.2. The second-order valence-corrected chi connectivity index (χ2v) is 6.89. The van der Waals surface area contributed by atoms with Gasteiger partial charge in [0.05, 0.1) is 4.92 Å². The van der Waals surface area contributed by atoms with Gasteiger partial charge in [-0.1, -0.05) is 38.5 Å². The van der Waals surface area contributed by atoms with Gasteiger partial charge in [0.15, 0.2) is 0 Å². The van der Waals surface area contributed by atoms with Crippen LogP contribution in [0.3, 0.4) is 0 Å². The van der Waals surface area contributed by atoms with Crippen LogP contribution in [0.2, 0.25) is 0 Å². The zero-order valence-corrected chi connectivity index (χ0v) is 14.2. The van der Waals surface area contributed by atoms with Gasteiger partial charge in [-0.3, -0.25) is 10.1 Å². The Morgan fingerprint density at radius 3 is 2.25 bits per heavy atom. The van der Waals surface area contributed by atoms with E-state index in [0.717, 1.165) is 38.8 Å². The third-order valence-electron chi connectivity index (χ3n) is 5.09. The average molecular weight is 333 g/mol. The first-order valence-electron chi connectivity index (χ1n) is 9.26. The number of nitrogens with zero attached hydrogens (tertiary/aromatic N) is 4. The summed E-state index contributed by atoms with van der Waals surface area (Å²) in [5, 5.41) is 15.1. The third kappa shape index (κ3) is 4.13. The molecule has 3 rings (SSSR count). The highest BCUT2D eigenvalue weighted by Crippen LogP contribution is 2.34. The van der Waals surface area contributed by atoms with Crippen LogP contribution in [-0.4, -0.2) is 34.0 Å². The molecular weight excluding hydrogens is 306 g/mol. The van der Waals surface area contributed by atoms with E-state index in [0.29, 0.717) is 11.6 Å². The molecule has 24 heavy (non-hydrogen) atoms. The number of rotatable bonds is 4. The summed E-state index contributed by atoms with van der Waals surface area (Å²) in [4.78, 5) is 22.0. The number of hydrogen-bond donors (Lipinski definition) is 1. The predicted molar refractivity (Wildman–Crippen MR) is 94.5 cm³/mol. The number of nitrogens with one attached hydrogen (secondary N) is 1.